The van der Waals surface area contributed by atoms with Crippen molar-refractivity contribution in [2.24, 2.45) is 11.3 Å². The lowest BCUT2D eigenvalue weighted by Crippen LogP contribution is -2.26. The van der Waals surface area contributed by atoms with Gasteiger partial charge in [0.2, 0.25) is 0 Å². The van der Waals surface area contributed by atoms with Crippen molar-refractivity contribution < 1.29 is 9.53 Å². The largest absolute Gasteiger partial charge is 0.496 e. The standard InChI is InChI=1S/C22H25BrN2O2S/c1-12-8-14(23)10-16(19(12)27-5)20(26)25-21-17(11-24)15-7-6-13(22(2,3)4)9-18(15)28-21/h8,10,13H,6-7,9H2,1-5H3,(H,25,26). The van der Waals surface area contributed by atoms with Gasteiger partial charge in [-0.1, -0.05) is 36.7 Å². The number of nitrogens with one attached hydrogen (secondary N) is 1. The number of benzene rings is 1. The minimum atomic E-state index is -0.260. The van der Waals surface area contributed by atoms with Crippen LogP contribution >= 0.6 is 27.3 Å². The Morgan fingerprint density at radius 2 is 2.11 bits per heavy atom. The molecule has 1 aliphatic rings. The van der Waals surface area contributed by atoms with Crippen LogP contribution in [0.4, 0.5) is 5.00 Å². The summed E-state index contributed by atoms with van der Waals surface area (Å²) in [5.41, 5.74) is 3.30. The Morgan fingerprint density at radius 1 is 1.39 bits per heavy atom. The molecule has 0 spiro atoms. The third-order valence-electron chi connectivity index (χ3n) is 5.52. The minimum absolute atomic E-state index is 0.235. The van der Waals surface area contributed by atoms with Gasteiger partial charge in [0.15, 0.2) is 0 Å². The number of nitrogens with zero attached hydrogens (tertiary/aromatic N) is 1. The summed E-state index contributed by atoms with van der Waals surface area (Å²) in [7, 11) is 1.56. The predicted octanol–water partition coefficient (Wildman–Crippen LogP) is 6.10. The number of ether oxygens (including phenoxy) is 1. The highest BCUT2D eigenvalue weighted by atomic mass is 79.9. The molecule has 3 rings (SSSR count). The maximum Gasteiger partial charge on any atom is 0.260 e. The molecule has 0 saturated carbocycles. The molecule has 148 valence electrons. The van der Waals surface area contributed by atoms with Crippen molar-refractivity contribution >= 4 is 38.2 Å². The van der Waals surface area contributed by atoms with Crippen LogP contribution in [0.3, 0.4) is 0 Å². The number of hydrogen-bond donors (Lipinski definition) is 1. The molecule has 0 saturated heterocycles. The van der Waals surface area contributed by atoms with Crippen LogP contribution in [-0.2, 0) is 12.8 Å². The van der Waals surface area contributed by atoms with E-state index in [2.05, 4.69) is 48.1 Å². The molecule has 1 aliphatic carbocycles. The van der Waals surface area contributed by atoms with Crippen molar-refractivity contribution in [3.05, 3.63) is 43.7 Å². The van der Waals surface area contributed by atoms with Gasteiger partial charge in [0.1, 0.15) is 16.8 Å². The third kappa shape index (κ3) is 3.97. The van der Waals surface area contributed by atoms with Crippen molar-refractivity contribution in [2.45, 2.75) is 47.0 Å². The summed E-state index contributed by atoms with van der Waals surface area (Å²) in [4.78, 5) is 14.2. The Hall–Kier alpha value is -1.84. The van der Waals surface area contributed by atoms with Gasteiger partial charge >= 0.3 is 0 Å². The normalized spacial score (nSPS) is 16.2. The van der Waals surface area contributed by atoms with Crippen molar-refractivity contribution in [1.29, 1.82) is 5.26 Å². The number of nitriles is 1. The maximum atomic E-state index is 13.0. The first-order valence-corrected chi connectivity index (χ1v) is 11.0. The average Bonchev–Trinajstić information content (AvgIpc) is 2.96. The second-order valence-corrected chi connectivity index (χ2v) is 10.4. The van der Waals surface area contributed by atoms with Crippen LogP contribution in [0.25, 0.3) is 0 Å². The van der Waals surface area contributed by atoms with E-state index >= 15 is 0 Å². The highest BCUT2D eigenvalue weighted by Gasteiger charge is 2.32. The van der Waals surface area contributed by atoms with Gasteiger partial charge < -0.3 is 10.1 Å². The molecular weight excluding hydrogens is 436 g/mol. The minimum Gasteiger partial charge on any atom is -0.496 e. The second kappa shape index (κ2) is 7.88. The number of thiophene rings is 1. The van der Waals surface area contributed by atoms with Crippen LogP contribution in [0.2, 0.25) is 0 Å². The fourth-order valence-corrected chi connectivity index (χ4v) is 5.72. The van der Waals surface area contributed by atoms with Crippen LogP contribution in [0.5, 0.6) is 5.75 Å². The molecule has 1 aromatic carbocycles. The summed E-state index contributed by atoms with van der Waals surface area (Å²) in [5.74, 6) is 0.874. The highest BCUT2D eigenvalue weighted by Crippen LogP contribution is 2.44. The zero-order valence-electron chi connectivity index (χ0n) is 16.9. The van der Waals surface area contributed by atoms with E-state index in [1.165, 1.54) is 4.88 Å². The molecule has 4 nitrogen and oxygen atoms in total. The van der Waals surface area contributed by atoms with E-state index in [9.17, 15) is 10.1 Å². The van der Waals surface area contributed by atoms with E-state index < -0.39 is 0 Å². The Labute approximate surface area is 179 Å². The van der Waals surface area contributed by atoms with Gasteiger partial charge in [-0.15, -0.1) is 11.3 Å². The number of fused-ring (bicyclic) bond motifs is 1. The van der Waals surface area contributed by atoms with Crippen LogP contribution in [-0.4, -0.2) is 13.0 Å². The van der Waals surface area contributed by atoms with Gasteiger partial charge in [0, 0.05) is 9.35 Å². The molecule has 0 bridgehead atoms. The van der Waals surface area contributed by atoms with E-state index in [1.807, 2.05) is 13.0 Å². The summed E-state index contributed by atoms with van der Waals surface area (Å²) in [6, 6.07) is 5.98. The van der Waals surface area contributed by atoms with Gasteiger partial charge in [-0.2, -0.15) is 5.26 Å². The van der Waals surface area contributed by atoms with Gasteiger partial charge in [0.05, 0.1) is 18.2 Å². The summed E-state index contributed by atoms with van der Waals surface area (Å²) in [6.07, 6.45) is 2.94. The van der Waals surface area contributed by atoms with E-state index in [-0.39, 0.29) is 11.3 Å². The van der Waals surface area contributed by atoms with E-state index in [0.717, 1.165) is 34.9 Å². The molecule has 1 N–H and O–H groups in total. The highest BCUT2D eigenvalue weighted by molar-refractivity contribution is 9.10. The van der Waals surface area contributed by atoms with E-state index in [4.69, 9.17) is 4.74 Å². The first-order chi connectivity index (χ1) is 13.2. The fourth-order valence-electron chi connectivity index (χ4n) is 3.87. The lowest BCUT2D eigenvalue weighted by molar-refractivity contribution is 0.102. The number of methoxy groups -OCH3 is 1. The Balaban J connectivity index is 1.94. The Bertz CT molecular complexity index is 966. The molecule has 0 fully saturated rings. The Morgan fingerprint density at radius 3 is 2.71 bits per heavy atom. The fraction of sp³-hybridized carbons (Fsp3) is 0.455. The molecule has 1 amide bonds. The van der Waals surface area contributed by atoms with Crippen LogP contribution in [0, 0.1) is 29.6 Å². The zero-order chi connectivity index (χ0) is 20.6. The molecule has 1 heterocycles. The molecule has 6 heteroatoms. The van der Waals surface area contributed by atoms with Crippen molar-refractivity contribution in [3.63, 3.8) is 0 Å². The topological polar surface area (TPSA) is 62.1 Å². The van der Waals surface area contributed by atoms with Crippen LogP contribution in [0.15, 0.2) is 16.6 Å². The number of anilines is 1. The van der Waals surface area contributed by atoms with E-state index in [1.54, 1.807) is 24.5 Å². The predicted molar refractivity (Wildman–Crippen MR) is 117 cm³/mol. The number of carbonyl (C=O) groups is 1. The first-order valence-electron chi connectivity index (χ1n) is 9.35. The third-order valence-corrected chi connectivity index (χ3v) is 7.14. The van der Waals surface area contributed by atoms with Gasteiger partial charge in [0.25, 0.3) is 5.91 Å². The molecule has 0 radical (unpaired) electrons. The summed E-state index contributed by atoms with van der Waals surface area (Å²) >= 11 is 4.99. The summed E-state index contributed by atoms with van der Waals surface area (Å²) < 4.78 is 6.25. The Kier molecular flexibility index (Phi) is 5.88. The maximum absolute atomic E-state index is 13.0. The van der Waals surface area contributed by atoms with Gasteiger partial charge in [-0.05, 0) is 60.8 Å². The summed E-state index contributed by atoms with van der Waals surface area (Å²) in [5, 5.41) is 13.4. The number of amides is 1. The zero-order valence-corrected chi connectivity index (χ0v) is 19.3. The van der Waals surface area contributed by atoms with Crippen molar-refractivity contribution in [3.8, 4) is 11.8 Å². The van der Waals surface area contributed by atoms with E-state index in [0.29, 0.717) is 27.8 Å². The van der Waals surface area contributed by atoms with Crippen LogP contribution in [0.1, 0.15) is 59.1 Å². The smallest absolute Gasteiger partial charge is 0.260 e. The summed E-state index contributed by atoms with van der Waals surface area (Å²) in [6.45, 7) is 8.71. The quantitative estimate of drug-likeness (QED) is 0.601. The number of rotatable bonds is 3. The van der Waals surface area contributed by atoms with Crippen LogP contribution < -0.4 is 10.1 Å². The number of aryl methyl sites for hydroxylation is 1. The molecular formula is C22H25BrN2O2S. The lowest BCUT2D eigenvalue weighted by Gasteiger charge is -2.33. The second-order valence-electron chi connectivity index (χ2n) is 8.38. The average molecular weight is 461 g/mol. The van der Waals surface area contributed by atoms with Crippen molar-refractivity contribution in [1.82, 2.24) is 0 Å². The molecule has 28 heavy (non-hydrogen) atoms. The monoisotopic (exact) mass is 460 g/mol. The van der Waals surface area contributed by atoms with Gasteiger partial charge in [-0.25, -0.2) is 0 Å². The molecule has 0 aliphatic heterocycles. The number of halogens is 1. The molecule has 1 unspecified atom stereocenters. The molecule has 1 atom stereocenters. The molecule has 2 aromatic rings. The van der Waals surface area contributed by atoms with Gasteiger partial charge in [-0.3, -0.25) is 4.79 Å². The molecule has 1 aromatic heterocycles. The first kappa shape index (κ1) is 20.9. The number of hydrogen-bond acceptors (Lipinski definition) is 4. The SMILES string of the molecule is COc1c(C)cc(Br)cc1C(=O)Nc1sc2c(c1C#N)CCC(C(C)(C)C)C2. The number of carbonyl (C=O) groups excluding carboxylic acids is 1. The van der Waals surface area contributed by atoms with Crippen molar-refractivity contribution in [2.75, 3.05) is 12.4 Å². The lowest BCUT2D eigenvalue weighted by atomic mass is 9.72.